The quantitative estimate of drug-likeness (QED) is 0.0320. The Balaban J connectivity index is 3.36. The van der Waals surface area contributed by atoms with Crippen molar-refractivity contribution in [2.24, 2.45) is 0 Å². The summed E-state index contributed by atoms with van der Waals surface area (Å²) in [6.45, 7) is 5.00. The third-order valence-electron chi connectivity index (χ3n) is 16.8. The second-order valence-corrected chi connectivity index (χ2v) is 24.6. The van der Waals surface area contributed by atoms with E-state index < -0.39 is 12.1 Å². The first-order valence-electron chi connectivity index (χ1n) is 35.4. The van der Waals surface area contributed by atoms with Gasteiger partial charge in [0.2, 0.25) is 5.91 Å². The van der Waals surface area contributed by atoms with Gasteiger partial charge >= 0.3 is 5.97 Å². The molecule has 0 rings (SSSR count). The summed E-state index contributed by atoms with van der Waals surface area (Å²) in [6.07, 6.45) is 82.6. The molecule has 0 aromatic rings. The van der Waals surface area contributed by atoms with Gasteiger partial charge in [-0.15, -0.1) is 0 Å². The summed E-state index contributed by atoms with van der Waals surface area (Å²) >= 11 is 0. The number of carbonyl (C=O) groups excluding carboxylic acids is 2. The molecule has 0 saturated heterocycles. The number of rotatable bonds is 67. The van der Waals surface area contributed by atoms with Crippen molar-refractivity contribution in [2.45, 2.75) is 418 Å². The summed E-state index contributed by atoms with van der Waals surface area (Å²) in [4.78, 5) is 24.6. The fourth-order valence-corrected chi connectivity index (χ4v) is 11.4. The van der Waals surface area contributed by atoms with Crippen LogP contribution in [0.15, 0.2) is 12.2 Å². The molecule has 3 N–H and O–H groups in total. The Hall–Kier alpha value is -1.40. The summed E-state index contributed by atoms with van der Waals surface area (Å²) < 4.78 is 5.51. The van der Waals surface area contributed by atoms with Crippen LogP contribution in [0.3, 0.4) is 0 Å². The lowest BCUT2D eigenvalue weighted by Gasteiger charge is -2.22. The Bertz CT molecular complexity index is 1160. The van der Waals surface area contributed by atoms with Gasteiger partial charge in [0.1, 0.15) is 0 Å². The Morgan fingerprint density at radius 1 is 0.351 bits per heavy atom. The lowest BCUT2D eigenvalue weighted by molar-refractivity contribution is -0.143. The molecule has 0 radical (unpaired) electrons. The minimum absolute atomic E-state index is 0.0201. The summed E-state index contributed by atoms with van der Waals surface area (Å²) in [6, 6.07) is -0.541. The number of amides is 1. The van der Waals surface area contributed by atoms with Crippen molar-refractivity contribution < 1.29 is 24.5 Å². The molecule has 1 amide bonds. The van der Waals surface area contributed by atoms with Gasteiger partial charge in [-0.2, -0.15) is 0 Å². The first-order chi connectivity index (χ1) is 38.0. The molecule has 0 fully saturated rings. The molecule has 458 valence electrons. The van der Waals surface area contributed by atoms with Gasteiger partial charge in [-0.25, -0.2) is 0 Å². The van der Waals surface area contributed by atoms with Crippen LogP contribution in [0.2, 0.25) is 0 Å². The molecule has 0 aromatic carbocycles. The van der Waals surface area contributed by atoms with E-state index >= 15 is 0 Å². The van der Waals surface area contributed by atoms with E-state index in [-0.39, 0.29) is 18.5 Å². The lowest BCUT2D eigenvalue weighted by atomic mass is 10.0. The van der Waals surface area contributed by atoms with Gasteiger partial charge in [0.15, 0.2) is 0 Å². The van der Waals surface area contributed by atoms with Gasteiger partial charge in [-0.1, -0.05) is 353 Å². The Kier molecular flexibility index (Phi) is 65.9. The fourth-order valence-electron chi connectivity index (χ4n) is 11.4. The fraction of sp³-hybridized carbons (Fsp3) is 0.944. The molecule has 0 aromatic heterocycles. The molecule has 0 heterocycles. The molecule has 2 atom stereocenters. The summed E-state index contributed by atoms with van der Waals surface area (Å²) in [7, 11) is 0. The Morgan fingerprint density at radius 3 is 0.922 bits per heavy atom. The molecule has 0 spiro atoms. The number of aliphatic hydroxyl groups is 2. The van der Waals surface area contributed by atoms with Crippen molar-refractivity contribution >= 4 is 11.9 Å². The number of esters is 1. The number of carbonyl (C=O) groups is 2. The highest BCUT2D eigenvalue weighted by Gasteiger charge is 2.20. The van der Waals surface area contributed by atoms with Crippen LogP contribution < -0.4 is 5.32 Å². The SMILES string of the molecule is CCCCCCCCCCCCCCCCCCCC(=O)OCCCCCCCCCCCCCC/C=C\CCCCCCCCCCCCCC(=O)NC(CO)C(O)CCCCCCCCCCCCCCCCCC. The molecule has 0 saturated carbocycles. The van der Waals surface area contributed by atoms with E-state index in [0.29, 0.717) is 25.9 Å². The van der Waals surface area contributed by atoms with Crippen LogP contribution in [0, 0.1) is 0 Å². The molecule has 0 bridgehead atoms. The van der Waals surface area contributed by atoms with Crippen LogP contribution in [0.25, 0.3) is 0 Å². The number of aliphatic hydroxyl groups excluding tert-OH is 2. The predicted octanol–water partition coefficient (Wildman–Crippen LogP) is 22.8. The van der Waals surface area contributed by atoms with Gasteiger partial charge in [-0.3, -0.25) is 9.59 Å². The minimum atomic E-state index is -0.664. The van der Waals surface area contributed by atoms with Crippen molar-refractivity contribution in [2.75, 3.05) is 13.2 Å². The average molecular weight is 1090 g/mol. The van der Waals surface area contributed by atoms with Gasteiger partial charge in [0, 0.05) is 12.8 Å². The summed E-state index contributed by atoms with van der Waals surface area (Å²) in [5.74, 6) is -0.0121. The van der Waals surface area contributed by atoms with Crippen molar-refractivity contribution in [1.29, 1.82) is 0 Å². The highest BCUT2D eigenvalue weighted by Crippen LogP contribution is 2.19. The van der Waals surface area contributed by atoms with E-state index in [1.165, 1.54) is 334 Å². The van der Waals surface area contributed by atoms with Crippen LogP contribution in [0.1, 0.15) is 406 Å². The second kappa shape index (κ2) is 67.1. The summed E-state index contributed by atoms with van der Waals surface area (Å²) in [5, 5.41) is 23.3. The number of hydrogen-bond acceptors (Lipinski definition) is 5. The zero-order valence-electron chi connectivity index (χ0n) is 52.5. The maximum atomic E-state index is 12.5. The van der Waals surface area contributed by atoms with Crippen molar-refractivity contribution in [1.82, 2.24) is 5.32 Å². The zero-order valence-corrected chi connectivity index (χ0v) is 52.5. The molecule has 0 aliphatic carbocycles. The first-order valence-corrected chi connectivity index (χ1v) is 35.4. The van der Waals surface area contributed by atoms with E-state index in [0.717, 1.165) is 38.5 Å². The molecule has 0 aliphatic rings. The highest BCUT2D eigenvalue weighted by molar-refractivity contribution is 5.76. The smallest absolute Gasteiger partial charge is 0.305 e. The van der Waals surface area contributed by atoms with Crippen LogP contribution in [0.5, 0.6) is 0 Å². The Labute approximate surface area is 482 Å². The number of hydrogen-bond donors (Lipinski definition) is 3. The van der Waals surface area contributed by atoms with Crippen molar-refractivity contribution in [3.8, 4) is 0 Å². The monoisotopic (exact) mass is 1090 g/mol. The van der Waals surface area contributed by atoms with Crippen LogP contribution in [0.4, 0.5) is 0 Å². The standard InChI is InChI=1S/C71H139NO5/c1-3-5-7-9-11-13-15-17-19-32-37-41-45-49-53-57-61-65-71(76)77-66-62-58-54-50-46-42-38-34-31-29-27-25-23-21-22-24-26-28-30-33-36-40-44-48-52-56-60-64-70(75)72-68(67-73)69(74)63-59-55-51-47-43-39-35-20-18-16-14-12-10-8-6-4-2/h21-22,68-69,73-74H,3-20,23-67H2,1-2H3,(H,72,75)/b22-21-. The van der Waals surface area contributed by atoms with E-state index in [1.54, 1.807) is 0 Å². The van der Waals surface area contributed by atoms with Gasteiger partial charge in [0.05, 0.1) is 25.4 Å². The van der Waals surface area contributed by atoms with E-state index in [4.69, 9.17) is 4.74 Å². The molecule has 2 unspecified atom stereocenters. The van der Waals surface area contributed by atoms with Crippen molar-refractivity contribution in [3.05, 3.63) is 12.2 Å². The molecular formula is C71H139NO5. The molecule has 6 heteroatoms. The third-order valence-corrected chi connectivity index (χ3v) is 16.8. The van der Waals surface area contributed by atoms with Crippen LogP contribution in [-0.2, 0) is 14.3 Å². The number of nitrogens with one attached hydrogen (secondary N) is 1. The summed E-state index contributed by atoms with van der Waals surface area (Å²) in [5.41, 5.74) is 0. The first kappa shape index (κ1) is 75.6. The second-order valence-electron chi connectivity index (χ2n) is 24.6. The van der Waals surface area contributed by atoms with E-state index in [2.05, 4.69) is 31.3 Å². The van der Waals surface area contributed by atoms with Gasteiger partial charge in [-0.05, 0) is 51.4 Å². The predicted molar refractivity (Wildman–Crippen MR) is 338 cm³/mol. The molecule has 77 heavy (non-hydrogen) atoms. The number of allylic oxidation sites excluding steroid dienone is 2. The zero-order chi connectivity index (χ0) is 55.7. The molecule has 6 nitrogen and oxygen atoms in total. The average Bonchev–Trinajstić information content (AvgIpc) is 3.43. The van der Waals surface area contributed by atoms with E-state index in [1.807, 2.05) is 0 Å². The molecular weight excluding hydrogens is 947 g/mol. The Morgan fingerprint density at radius 2 is 0.610 bits per heavy atom. The van der Waals surface area contributed by atoms with Gasteiger partial charge < -0.3 is 20.3 Å². The largest absolute Gasteiger partial charge is 0.466 e. The van der Waals surface area contributed by atoms with E-state index in [9.17, 15) is 19.8 Å². The number of ether oxygens (including phenoxy) is 1. The van der Waals surface area contributed by atoms with Crippen molar-refractivity contribution in [3.63, 3.8) is 0 Å². The lowest BCUT2D eigenvalue weighted by Crippen LogP contribution is -2.45. The normalized spacial score (nSPS) is 12.5. The topological polar surface area (TPSA) is 95.9 Å². The van der Waals surface area contributed by atoms with Gasteiger partial charge in [0.25, 0.3) is 0 Å². The number of unbranched alkanes of at least 4 members (excludes halogenated alkanes) is 54. The van der Waals surface area contributed by atoms with Crippen LogP contribution in [-0.4, -0.2) is 47.4 Å². The highest BCUT2D eigenvalue weighted by atomic mass is 16.5. The minimum Gasteiger partial charge on any atom is -0.466 e. The maximum Gasteiger partial charge on any atom is 0.305 e. The van der Waals surface area contributed by atoms with Crippen LogP contribution >= 0.6 is 0 Å². The third kappa shape index (κ3) is 63.6. The maximum absolute atomic E-state index is 12.5. The molecule has 0 aliphatic heterocycles.